The van der Waals surface area contributed by atoms with Crippen LogP contribution in [0.5, 0.6) is 0 Å². The Labute approximate surface area is 78.8 Å². The van der Waals surface area contributed by atoms with Gasteiger partial charge in [0.25, 0.3) is 0 Å². The van der Waals surface area contributed by atoms with Gasteiger partial charge in [-0.2, -0.15) is 15.6 Å². The fraction of sp³-hybridized carbons (Fsp3) is 0.125. The van der Waals surface area contributed by atoms with Crippen molar-refractivity contribution < 1.29 is 0 Å². The monoisotopic (exact) mass is 190 g/mol. The Morgan fingerprint density at radius 3 is 3.00 bits per heavy atom. The molecule has 0 unspecified atom stereocenters. The molecular formula is C8H6N4S. The number of hydrogen-bond donors (Lipinski definition) is 1. The van der Waals surface area contributed by atoms with Crippen LogP contribution in [0.3, 0.4) is 0 Å². The van der Waals surface area contributed by atoms with Crippen LogP contribution in [0.2, 0.25) is 0 Å². The van der Waals surface area contributed by atoms with Crippen molar-refractivity contribution in [2.24, 2.45) is 0 Å². The van der Waals surface area contributed by atoms with Crippen molar-refractivity contribution in [2.75, 3.05) is 0 Å². The molecule has 64 valence electrons. The van der Waals surface area contributed by atoms with Crippen molar-refractivity contribution in [1.82, 2.24) is 15.4 Å². The highest BCUT2D eigenvalue weighted by atomic mass is 32.1. The van der Waals surface area contributed by atoms with Gasteiger partial charge in [0, 0.05) is 0 Å². The lowest BCUT2D eigenvalue weighted by molar-refractivity contribution is 0.937. The van der Waals surface area contributed by atoms with Crippen LogP contribution < -0.4 is 0 Å². The Kier molecular flexibility index (Phi) is 1.83. The van der Waals surface area contributed by atoms with Gasteiger partial charge in [0.1, 0.15) is 11.8 Å². The van der Waals surface area contributed by atoms with Gasteiger partial charge in [0.15, 0.2) is 5.69 Å². The highest BCUT2D eigenvalue weighted by molar-refractivity contribution is 7.13. The number of aryl methyl sites for hydroxylation is 1. The molecule has 0 aliphatic heterocycles. The highest BCUT2D eigenvalue weighted by Crippen LogP contribution is 2.28. The maximum Gasteiger partial charge on any atom is 0.191 e. The zero-order chi connectivity index (χ0) is 9.26. The van der Waals surface area contributed by atoms with Crippen LogP contribution in [-0.2, 0) is 0 Å². The normalized spacial score (nSPS) is 9.85. The quantitative estimate of drug-likeness (QED) is 0.744. The number of H-pyrrole nitrogens is 1. The standard InChI is InChI=1S/C8H6N4S/c1-5-2-3-13-8(5)7-6(4-9)10-12-11-7/h2-3H,1H3,(H,10,11,12). The molecule has 2 aromatic heterocycles. The molecule has 1 N–H and O–H groups in total. The zero-order valence-electron chi connectivity index (χ0n) is 6.90. The Balaban J connectivity index is 2.60. The highest BCUT2D eigenvalue weighted by Gasteiger charge is 2.12. The SMILES string of the molecule is Cc1ccsc1-c1n[nH]nc1C#N. The maximum absolute atomic E-state index is 8.73. The van der Waals surface area contributed by atoms with Crippen LogP contribution in [0, 0.1) is 18.3 Å². The van der Waals surface area contributed by atoms with Crippen molar-refractivity contribution in [2.45, 2.75) is 6.92 Å². The molecule has 0 spiro atoms. The fourth-order valence-electron chi connectivity index (χ4n) is 1.08. The molecule has 0 bridgehead atoms. The molecule has 0 radical (unpaired) electrons. The van der Waals surface area contributed by atoms with E-state index < -0.39 is 0 Å². The van der Waals surface area contributed by atoms with Crippen molar-refractivity contribution in [3.63, 3.8) is 0 Å². The van der Waals surface area contributed by atoms with Gasteiger partial charge in [-0.15, -0.1) is 16.4 Å². The van der Waals surface area contributed by atoms with Gasteiger partial charge in [-0.05, 0) is 23.9 Å². The second kappa shape index (κ2) is 2.99. The first kappa shape index (κ1) is 7.95. The van der Waals surface area contributed by atoms with Crippen LogP contribution in [0.25, 0.3) is 10.6 Å². The molecule has 0 saturated heterocycles. The topological polar surface area (TPSA) is 65.4 Å². The first-order chi connectivity index (χ1) is 6.33. The lowest BCUT2D eigenvalue weighted by Gasteiger charge is -1.91. The summed E-state index contributed by atoms with van der Waals surface area (Å²) in [5.41, 5.74) is 2.12. The third-order valence-corrected chi connectivity index (χ3v) is 2.75. The third kappa shape index (κ3) is 1.21. The van der Waals surface area contributed by atoms with Gasteiger partial charge in [0.05, 0.1) is 4.88 Å². The van der Waals surface area contributed by atoms with E-state index in [-0.39, 0.29) is 0 Å². The molecule has 0 fully saturated rings. The molecule has 0 aromatic carbocycles. The molecule has 2 rings (SSSR count). The lowest BCUT2D eigenvalue weighted by Crippen LogP contribution is -1.80. The molecule has 0 aliphatic rings. The van der Waals surface area contributed by atoms with Gasteiger partial charge >= 0.3 is 0 Å². The van der Waals surface area contributed by atoms with Gasteiger partial charge < -0.3 is 0 Å². The molecule has 4 nitrogen and oxygen atoms in total. The molecule has 2 heterocycles. The van der Waals surface area contributed by atoms with E-state index >= 15 is 0 Å². The number of thiophene rings is 1. The average molecular weight is 190 g/mol. The summed E-state index contributed by atoms with van der Waals surface area (Å²) in [5.74, 6) is 0. The zero-order valence-corrected chi connectivity index (χ0v) is 7.72. The van der Waals surface area contributed by atoms with E-state index in [1.54, 1.807) is 11.3 Å². The molecule has 5 heteroatoms. The number of hydrogen-bond acceptors (Lipinski definition) is 4. The van der Waals surface area contributed by atoms with Crippen LogP contribution in [-0.4, -0.2) is 15.4 Å². The third-order valence-electron chi connectivity index (χ3n) is 1.73. The smallest absolute Gasteiger partial charge is 0.191 e. The summed E-state index contributed by atoms with van der Waals surface area (Å²) < 4.78 is 0. The summed E-state index contributed by atoms with van der Waals surface area (Å²) in [6, 6.07) is 3.99. The summed E-state index contributed by atoms with van der Waals surface area (Å²) in [6.07, 6.45) is 0. The van der Waals surface area contributed by atoms with Crippen molar-refractivity contribution in [1.29, 1.82) is 5.26 Å². The van der Waals surface area contributed by atoms with Crippen molar-refractivity contribution >= 4 is 11.3 Å². The average Bonchev–Trinajstić information content (AvgIpc) is 2.71. The first-order valence-corrected chi connectivity index (χ1v) is 4.56. The van der Waals surface area contributed by atoms with Gasteiger partial charge in [-0.1, -0.05) is 0 Å². The minimum Gasteiger partial charge on any atom is -0.196 e. The summed E-state index contributed by atoms with van der Waals surface area (Å²) in [6.45, 7) is 1.99. The van der Waals surface area contributed by atoms with E-state index in [2.05, 4.69) is 15.4 Å². The Hall–Kier alpha value is -1.67. The minimum atomic E-state index is 0.352. The lowest BCUT2D eigenvalue weighted by atomic mass is 10.2. The van der Waals surface area contributed by atoms with Gasteiger partial charge in [-0.3, -0.25) is 0 Å². The largest absolute Gasteiger partial charge is 0.196 e. The molecule has 0 aliphatic carbocycles. The van der Waals surface area contributed by atoms with Gasteiger partial charge in [-0.25, -0.2) is 0 Å². The second-order valence-electron chi connectivity index (χ2n) is 2.57. The van der Waals surface area contributed by atoms with Crippen molar-refractivity contribution in [3.05, 3.63) is 22.7 Å². The van der Waals surface area contributed by atoms with E-state index in [1.165, 1.54) is 0 Å². The number of nitriles is 1. The second-order valence-corrected chi connectivity index (χ2v) is 3.48. The predicted molar refractivity (Wildman–Crippen MR) is 49.1 cm³/mol. The summed E-state index contributed by atoms with van der Waals surface area (Å²) >= 11 is 1.56. The van der Waals surface area contributed by atoms with Crippen LogP contribution in [0.15, 0.2) is 11.4 Å². The van der Waals surface area contributed by atoms with Gasteiger partial charge in [0.2, 0.25) is 0 Å². The number of nitrogens with zero attached hydrogens (tertiary/aromatic N) is 3. The molecule has 0 amide bonds. The fourth-order valence-corrected chi connectivity index (χ4v) is 2.00. The van der Waals surface area contributed by atoms with E-state index in [9.17, 15) is 0 Å². The minimum absolute atomic E-state index is 0.352. The van der Waals surface area contributed by atoms with Crippen LogP contribution in [0.4, 0.5) is 0 Å². The maximum atomic E-state index is 8.73. The Morgan fingerprint density at radius 2 is 2.38 bits per heavy atom. The summed E-state index contributed by atoms with van der Waals surface area (Å²) in [4.78, 5) is 1.00. The Bertz CT molecular complexity index is 462. The molecule has 0 atom stereocenters. The predicted octanol–water partition coefficient (Wildman–Crippen LogP) is 1.71. The molecular weight excluding hydrogens is 184 g/mol. The number of nitrogens with one attached hydrogen (secondary N) is 1. The van der Waals surface area contributed by atoms with E-state index in [4.69, 9.17) is 5.26 Å². The first-order valence-electron chi connectivity index (χ1n) is 3.68. The number of aromatic nitrogens is 3. The van der Waals surface area contributed by atoms with Crippen molar-refractivity contribution in [3.8, 4) is 16.6 Å². The Morgan fingerprint density at radius 1 is 1.54 bits per heavy atom. The molecule has 13 heavy (non-hydrogen) atoms. The number of aromatic amines is 1. The summed E-state index contributed by atoms with van der Waals surface area (Å²) in [7, 11) is 0. The van der Waals surface area contributed by atoms with Crippen LogP contribution >= 0.6 is 11.3 Å². The molecule has 0 saturated carbocycles. The van der Waals surface area contributed by atoms with E-state index in [0.717, 1.165) is 10.4 Å². The van der Waals surface area contributed by atoms with E-state index in [0.29, 0.717) is 11.4 Å². The summed E-state index contributed by atoms with van der Waals surface area (Å²) in [5, 5.41) is 20.8. The van der Waals surface area contributed by atoms with Crippen LogP contribution in [0.1, 0.15) is 11.3 Å². The van der Waals surface area contributed by atoms with E-state index in [1.807, 2.05) is 24.4 Å². The molecule has 2 aromatic rings. The number of rotatable bonds is 1.